The summed E-state index contributed by atoms with van der Waals surface area (Å²) in [6.07, 6.45) is 1.46. The number of anilines is 2. The van der Waals surface area contributed by atoms with Crippen molar-refractivity contribution in [3.05, 3.63) is 59.7 Å². The Kier molecular flexibility index (Phi) is 5.99. The van der Waals surface area contributed by atoms with Crippen LogP contribution in [0.25, 0.3) is 0 Å². The first-order chi connectivity index (χ1) is 13.8. The van der Waals surface area contributed by atoms with Crippen LogP contribution in [0.5, 0.6) is 0 Å². The van der Waals surface area contributed by atoms with Gasteiger partial charge >= 0.3 is 5.97 Å². The predicted molar refractivity (Wildman–Crippen MR) is 117 cm³/mol. The van der Waals surface area contributed by atoms with Gasteiger partial charge in [0.05, 0.1) is 17.0 Å². The number of thiocarbonyl (C=S) groups is 1. The summed E-state index contributed by atoms with van der Waals surface area (Å²) >= 11 is 5.15. The lowest BCUT2D eigenvalue weighted by molar-refractivity contribution is -0.118. The lowest BCUT2D eigenvalue weighted by Gasteiger charge is -2.13. The van der Waals surface area contributed by atoms with Crippen molar-refractivity contribution in [1.29, 1.82) is 0 Å². The minimum absolute atomic E-state index is 0.181. The standard InChI is InChI=1S/C20H19N5O3S/c1-12-3-9-16(10-4-12)25-18(26)17(13(2)24-25)11-21-23-20(29)22-15-7-5-14(6-8-15)19(27)28/h3-11,17H,1-2H3,(H,27,28)(H2,22,23,29)/b21-11+. The summed E-state index contributed by atoms with van der Waals surface area (Å²) in [4.78, 5) is 23.5. The lowest BCUT2D eigenvalue weighted by Crippen LogP contribution is -2.29. The normalized spacial score (nSPS) is 16.1. The van der Waals surface area contributed by atoms with E-state index in [0.717, 1.165) is 5.56 Å². The summed E-state index contributed by atoms with van der Waals surface area (Å²) in [6.45, 7) is 3.74. The highest BCUT2D eigenvalue weighted by Gasteiger charge is 2.33. The maximum atomic E-state index is 12.7. The average Bonchev–Trinajstić information content (AvgIpc) is 2.97. The number of amides is 1. The van der Waals surface area contributed by atoms with Gasteiger partial charge in [-0.15, -0.1) is 0 Å². The van der Waals surface area contributed by atoms with E-state index in [1.165, 1.54) is 23.4 Å². The summed E-state index contributed by atoms with van der Waals surface area (Å²) in [6, 6.07) is 13.6. The first kappa shape index (κ1) is 20.2. The largest absolute Gasteiger partial charge is 0.478 e. The van der Waals surface area contributed by atoms with Gasteiger partial charge in [0.25, 0.3) is 5.91 Å². The Morgan fingerprint density at radius 1 is 1.17 bits per heavy atom. The Bertz CT molecular complexity index is 1000. The number of nitrogens with zero attached hydrogens (tertiary/aromatic N) is 3. The van der Waals surface area contributed by atoms with Crippen molar-refractivity contribution in [2.45, 2.75) is 13.8 Å². The van der Waals surface area contributed by atoms with Gasteiger partial charge in [0, 0.05) is 11.9 Å². The van der Waals surface area contributed by atoms with Crippen LogP contribution in [-0.4, -0.2) is 34.0 Å². The van der Waals surface area contributed by atoms with Crippen molar-refractivity contribution in [1.82, 2.24) is 5.43 Å². The molecule has 29 heavy (non-hydrogen) atoms. The van der Waals surface area contributed by atoms with Crippen LogP contribution >= 0.6 is 12.2 Å². The van der Waals surface area contributed by atoms with Gasteiger partial charge in [-0.1, -0.05) is 17.7 Å². The first-order valence-electron chi connectivity index (χ1n) is 8.74. The Morgan fingerprint density at radius 3 is 2.45 bits per heavy atom. The minimum atomic E-state index is -1.00. The molecule has 0 aliphatic carbocycles. The van der Waals surface area contributed by atoms with E-state index in [9.17, 15) is 9.59 Å². The number of hydrogen-bond acceptors (Lipinski definition) is 5. The molecule has 2 aromatic rings. The predicted octanol–water partition coefficient (Wildman–Crippen LogP) is 3.00. The second kappa shape index (κ2) is 8.61. The Balaban J connectivity index is 1.57. The highest BCUT2D eigenvalue weighted by atomic mass is 32.1. The molecule has 1 heterocycles. The third-order valence-corrected chi connectivity index (χ3v) is 4.43. The van der Waals surface area contributed by atoms with Crippen LogP contribution in [0.2, 0.25) is 0 Å². The molecule has 0 spiro atoms. The second-order valence-electron chi connectivity index (χ2n) is 6.43. The third kappa shape index (κ3) is 4.82. The summed E-state index contributed by atoms with van der Waals surface area (Å²) in [5.74, 6) is -1.78. The number of nitrogens with one attached hydrogen (secondary N) is 2. The third-order valence-electron chi connectivity index (χ3n) is 4.24. The number of carbonyl (C=O) groups excluding carboxylic acids is 1. The highest BCUT2D eigenvalue weighted by molar-refractivity contribution is 7.80. The molecule has 3 rings (SSSR count). The van der Waals surface area contributed by atoms with Crippen molar-refractivity contribution in [2.75, 3.05) is 10.3 Å². The van der Waals surface area contributed by atoms with Crippen LogP contribution in [0.1, 0.15) is 22.8 Å². The number of hydrazone groups is 2. The van der Waals surface area contributed by atoms with E-state index >= 15 is 0 Å². The molecule has 1 unspecified atom stereocenters. The Labute approximate surface area is 172 Å². The van der Waals surface area contributed by atoms with Crippen molar-refractivity contribution in [2.24, 2.45) is 16.1 Å². The quantitative estimate of drug-likeness (QED) is 0.398. The Hall–Kier alpha value is -3.59. The lowest BCUT2D eigenvalue weighted by atomic mass is 10.1. The first-order valence-corrected chi connectivity index (χ1v) is 9.15. The van der Waals surface area contributed by atoms with Gasteiger partial charge in [-0.05, 0) is 62.5 Å². The van der Waals surface area contributed by atoms with Crippen molar-refractivity contribution in [3.63, 3.8) is 0 Å². The molecule has 0 saturated heterocycles. The summed E-state index contributed by atoms with van der Waals surface area (Å²) < 4.78 is 0. The molecule has 3 N–H and O–H groups in total. The zero-order chi connectivity index (χ0) is 21.0. The van der Waals surface area contributed by atoms with Crippen LogP contribution in [0.15, 0.2) is 58.7 Å². The second-order valence-corrected chi connectivity index (χ2v) is 6.84. The molecule has 1 atom stereocenters. The molecular formula is C20H19N5O3S. The zero-order valence-corrected chi connectivity index (χ0v) is 16.6. The molecule has 0 radical (unpaired) electrons. The van der Waals surface area contributed by atoms with Crippen molar-refractivity contribution >= 4 is 52.5 Å². The van der Waals surface area contributed by atoms with E-state index in [0.29, 0.717) is 17.1 Å². The van der Waals surface area contributed by atoms with Crippen LogP contribution in [0.3, 0.4) is 0 Å². The van der Waals surface area contributed by atoms with E-state index in [2.05, 4.69) is 20.9 Å². The molecule has 1 amide bonds. The highest BCUT2D eigenvalue weighted by Crippen LogP contribution is 2.23. The molecule has 0 fully saturated rings. The van der Waals surface area contributed by atoms with Gasteiger partial charge in [-0.25, -0.2) is 4.79 Å². The maximum absolute atomic E-state index is 12.7. The average molecular weight is 409 g/mol. The molecule has 148 valence electrons. The zero-order valence-electron chi connectivity index (χ0n) is 15.8. The molecular weight excluding hydrogens is 390 g/mol. The van der Waals surface area contributed by atoms with Gasteiger partial charge in [0.1, 0.15) is 5.92 Å². The summed E-state index contributed by atoms with van der Waals surface area (Å²) in [5, 5.41) is 21.7. The Morgan fingerprint density at radius 2 is 1.83 bits per heavy atom. The molecule has 2 aromatic carbocycles. The van der Waals surface area contributed by atoms with E-state index in [1.54, 1.807) is 19.1 Å². The molecule has 0 bridgehead atoms. The van der Waals surface area contributed by atoms with Gasteiger partial charge in [-0.3, -0.25) is 10.2 Å². The van der Waals surface area contributed by atoms with E-state index in [4.69, 9.17) is 17.3 Å². The monoisotopic (exact) mass is 409 g/mol. The van der Waals surface area contributed by atoms with E-state index in [-0.39, 0.29) is 16.6 Å². The summed E-state index contributed by atoms with van der Waals surface area (Å²) in [7, 11) is 0. The molecule has 0 aromatic heterocycles. The number of carbonyl (C=O) groups is 2. The van der Waals surface area contributed by atoms with Crippen LogP contribution < -0.4 is 15.8 Å². The minimum Gasteiger partial charge on any atom is -0.478 e. The maximum Gasteiger partial charge on any atom is 0.335 e. The van der Waals surface area contributed by atoms with Gasteiger partial charge in [0.2, 0.25) is 0 Å². The van der Waals surface area contributed by atoms with Gasteiger partial charge in [0.15, 0.2) is 5.11 Å². The van der Waals surface area contributed by atoms with E-state index < -0.39 is 11.9 Å². The van der Waals surface area contributed by atoms with Crippen molar-refractivity contribution < 1.29 is 14.7 Å². The fraction of sp³-hybridized carbons (Fsp3) is 0.150. The number of aryl methyl sites for hydroxylation is 1. The number of carboxylic acids is 1. The topological polar surface area (TPSA) is 106 Å². The molecule has 8 nitrogen and oxygen atoms in total. The van der Waals surface area contributed by atoms with E-state index in [1.807, 2.05) is 31.2 Å². The molecule has 0 saturated carbocycles. The fourth-order valence-corrected chi connectivity index (χ4v) is 2.82. The summed E-state index contributed by atoms with van der Waals surface area (Å²) in [5.41, 5.74) is 5.87. The number of hydrogen-bond donors (Lipinski definition) is 3. The molecule has 1 aliphatic heterocycles. The SMILES string of the molecule is CC1=NN(c2ccc(C)cc2)C(=O)C1/C=N/NC(=S)Nc1ccc(C(=O)O)cc1. The van der Waals surface area contributed by atoms with Crippen molar-refractivity contribution in [3.8, 4) is 0 Å². The smallest absolute Gasteiger partial charge is 0.335 e. The van der Waals surface area contributed by atoms with Gasteiger partial charge < -0.3 is 10.4 Å². The number of rotatable bonds is 5. The van der Waals surface area contributed by atoms with Gasteiger partial charge in [-0.2, -0.15) is 15.2 Å². The van der Waals surface area contributed by atoms with Crippen LogP contribution in [0, 0.1) is 12.8 Å². The molecule has 1 aliphatic rings. The van der Waals surface area contributed by atoms with Crippen LogP contribution in [-0.2, 0) is 4.79 Å². The molecule has 9 heteroatoms. The fourth-order valence-electron chi connectivity index (χ4n) is 2.65. The number of aromatic carboxylic acids is 1. The van der Waals surface area contributed by atoms with Crippen LogP contribution in [0.4, 0.5) is 11.4 Å². The number of benzene rings is 2. The number of carboxylic acid groups (broad SMARTS) is 1.